The average molecular weight is 358 g/mol. The van der Waals surface area contributed by atoms with Crippen LogP contribution >= 0.6 is 0 Å². The molecule has 0 aliphatic carbocycles. The molecule has 1 aliphatic heterocycles. The van der Waals surface area contributed by atoms with E-state index in [1.54, 1.807) is 12.4 Å². The molecule has 1 atom stereocenters. The molecule has 10 nitrogen and oxygen atoms in total. The molecule has 11 heteroatoms. The summed E-state index contributed by atoms with van der Waals surface area (Å²) in [6.07, 6.45) is 5.17. The summed E-state index contributed by atoms with van der Waals surface area (Å²) in [7, 11) is -4.11. The molecule has 2 aromatic heterocycles. The Balaban J connectivity index is 1.89. The van der Waals surface area contributed by atoms with Crippen molar-refractivity contribution >= 4 is 10.0 Å². The van der Waals surface area contributed by atoms with Crippen LogP contribution in [-0.4, -0.2) is 38.6 Å². The van der Waals surface area contributed by atoms with Gasteiger partial charge in [-0.2, -0.15) is 19.2 Å². The van der Waals surface area contributed by atoms with Crippen LogP contribution in [0.25, 0.3) is 11.4 Å². The lowest BCUT2D eigenvalue weighted by atomic mass is 9.86. The predicted molar refractivity (Wildman–Crippen MR) is 85.2 cm³/mol. The second-order valence-electron chi connectivity index (χ2n) is 5.79. The maximum Gasteiger partial charge on any atom is 0.299 e. The Morgan fingerprint density at radius 3 is 3.00 bits per heavy atom. The SMILES string of the molecule is N=NS(=O)(=O)c1cccc(C2CCn3cncc3C2)c1-c1nn[nH]n1. The number of hydrogen-bond acceptors (Lipinski definition) is 7. The van der Waals surface area contributed by atoms with E-state index in [0.29, 0.717) is 5.56 Å². The van der Waals surface area contributed by atoms with Crippen LogP contribution in [0.1, 0.15) is 23.6 Å². The van der Waals surface area contributed by atoms with Crippen LogP contribution in [0.4, 0.5) is 0 Å². The Labute approximate surface area is 142 Å². The number of nitrogens with zero attached hydrogens (tertiary/aromatic N) is 6. The highest BCUT2D eigenvalue weighted by Crippen LogP contribution is 2.38. The van der Waals surface area contributed by atoms with Crippen molar-refractivity contribution in [2.24, 2.45) is 4.52 Å². The molecule has 1 aromatic carbocycles. The van der Waals surface area contributed by atoms with Crippen molar-refractivity contribution in [3.8, 4) is 11.4 Å². The van der Waals surface area contributed by atoms with Crippen LogP contribution in [0.2, 0.25) is 0 Å². The third-order valence-corrected chi connectivity index (χ3v) is 5.57. The molecule has 25 heavy (non-hydrogen) atoms. The molecule has 0 radical (unpaired) electrons. The average Bonchev–Trinajstić information content (AvgIpc) is 3.32. The number of nitrogens with one attached hydrogen (secondary N) is 2. The zero-order valence-corrected chi connectivity index (χ0v) is 13.8. The summed E-state index contributed by atoms with van der Waals surface area (Å²) < 4.78 is 29.4. The first kappa shape index (κ1) is 15.6. The van der Waals surface area contributed by atoms with Gasteiger partial charge in [0.15, 0.2) is 0 Å². The summed E-state index contributed by atoms with van der Waals surface area (Å²) >= 11 is 0. The molecule has 0 spiro atoms. The van der Waals surface area contributed by atoms with Crippen molar-refractivity contribution < 1.29 is 8.42 Å². The van der Waals surface area contributed by atoms with Gasteiger partial charge in [-0.3, -0.25) is 0 Å². The van der Waals surface area contributed by atoms with Crippen LogP contribution in [0.5, 0.6) is 0 Å². The molecular weight excluding hydrogens is 344 g/mol. The van der Waals surface area contributed by atoms with Gasteiger partial charge < -0.3 is 4.57 Å². The van der Waals surface area contributed by atoms with E-state index in [2.05, 4.69) is 34.7 Å². The fourth-order valence-electron chi connectivity index (χ4n) is 3.29. The van der Waals surface area contributed by atoms with E-state index in [-0.39, 0.29) is 16.6 Å². The lowest BCUT2D eigenvalue weighted by Gasteiger charge is -2.26. The number of fused-ring (bicyclic) bond motifs is 1. The minimum Gasteiger partial charge on any atom is -0.335 e. The van der Waals surface area contributed by atoms with Gasteiger partial charge in [-0.1, -0.05) is 16.7 Å². The molecule has 0 saturated heterocycles. The lowest BCUT2D eigenvalue weighted by molar-refractivity contribution is 0.474. The monoisotopic (exact) mass is 358 g/mol. The largest absolute Gasteiger partial charge is 0.335 e. The third kappa shape index (κ3) is 2.61. The molecule has 128 valence electrons. The molecule has 0 fully saturated rings. The normalized spacial score (nSPS) is 17.2. The first-order valence-corrected chi connectivity index (χ1v) is 9.03. The van der Waals surface area contributed by atoms with Crippen molar-refractivity contribution in [1.29, 1.82) is 5.53 Å². The lowest BCUT2D eigenvalue weighted by Crippen LogP contribution is -2.18. The molecule has 3 aromatic rings. The van der Waals surface area contributed by atoms with Gasteiger partial charge in [0.05, 0.1) is 6.33 Å². The number of aromatic amines is 1. The number of rotatable bonds is 4. The highest BCUT2D eigenvalue weighted by atomic mass is 32.2. The summed E-state index contributed by atoms with van der Waals surface area (Å²) in [6, 6.07) is 4.93. The summed E-state index contributed by atoms with van der Waals surface area (Å²) in [5.74, 6) is 0.260. The third-order valence-electron chi connectivity index (χ3n) is 4.44. The second kappa shape index (κ2) is 5.84. The Morgan fingerprint density at radius 1 is 1.36 bits per heavy atom. The van der Waals surface area contributed by atoms with Gasteiger partial charge in [0.1, 0.15) is 4.90 Å². The van der Waals surface area contributed by atoms with Gasteiger partial charge in [-0.25, -0.2) is 4.98 Å². The summed E-state index contributed by atoms with van der Waals surface area (Å²) in [4.78, 5) is 4.08. The van der Waals surface area contributed by atoms with Crippen molar-refractivity contribution in [2.45, 2.75) is 30.2 Å². The second-order valence-corrected chi connectivity index (χ2v) is 7.36. The zero-order valence-electron chi connectivity index (χ0n) is 13.0. The molecule has 1 aliphatic rings. The van der Waals surface area contributed by atoms with E-state index in [4.69, 9.17) is 5.53 Å². The maximum atomic E-state index is 12.3. The van der Waals surface area contributed by atoms with Gasteiger partial charge in [0, 0.05) is 24.0 Å². The Morgan fingerprint density at radius 2 is 2.24 bits per heavy atom. The minimum atomic E-state index is -4.11. The van der Waals surface area contributed by atoms with Crippen molar-refractivity contribution in [1.82, 2.24) is 30.2 Å². The van der Waals surface area contributed by atoms with Crippen LogP contribution in [0.15, 0.2) is 40.1 Å². The number of benzene rings is 1. The van der Waals surface area contributed by atoms with Gasteiger partial charge in [0.2, 0.25) is 5.82 Å². The van der Waals surface area contributed by atoms with Gasteiger partial charge >= 0.3 is 0 Å². The molecule has 0 bridgehead atoms. The van der Waals surface area contributed by atoms with Gasteiger partial charge in [-0.05, 0) is 35.6 Å². The fraction of sp³-hybridized carbons (Fsp3) is 0.286. The molecule has 0 saturated carbocycles. The van der Waals surface area contributed by atoms with Gasteiger partial charge in [-0.15, -0.1) is 10.2 Å². The number of imidazole rings is 1. The van der Waals surface area contributed by atoms with Crippen molar-refractivity contribution in [3.63, 3.8) is 0 Å². The van der Waals surface area contributed by atoms with Crippen LogP contribution in [0, 0.1) is 5.53 Å². The summed E-state index contributed by atoms with van der Waals surface area (Å²) in [5, 5.41) is 13.8. The number of tetrazole rings is 1. The van der Waals surface area contributed by atoms with E-state index in [0.717, 1.165) is 30.6 Å². The number of aromatic nitrogens is 6. The molecule has 2 N–H and O–H groups in total. The van der Waals surface area contributed by atoms with Crippen LogP contribution in [0.3, 0.4) is 0 Å². The molecule has 1 unspecified atom stereocenters. The quantitative estimate of drug-likeness (QED) is 0.677. The van der Waals surface area contributed by atoms with Crippen molar-refractivity contribution in [2.75, 3.05) is 0 Å². The van der Waals surface area contributed by atoms with Crippen molar-refractivity contribution in [3.05, 3.63) is 42.0 Å². The Hall–Kier alpha value is -2.95. The van der Waals surface area contributed by atoms with E-state index >= 15 is 0 Å². The molecule has 3 heterocycles. The Kier molecular flexibility index (Phi) is 3.64. The summed E-state index contributed by atoms with van der Waals surface area (Å²) in [6.45, 7) is 0.797. The molecular formula is C14H14N8O2S. The van der Waals surface area contributed by atoms with E-state index in [1.165, 1.54) is 6.07 Å². The Bertz CT molecular complexity index is 1030. The molecule has 0 amide bonds. The minimum absolute atomic E-state index is 0.0820. The van der Waals surface area contributed by atoms with Gasteiger partial charge in [0.25, 0.3) is 10.0 Å². The standard InChI is InChI=1S/C14H14N8O2S/c15-19-25(23,24)12-3-1-2-11(13(12)14-17-20-21-18-14)9-4-5-22-8-16-7-10(22)6-9/h1-3,7-9,15H,4-6H2,(H,17,18,20,21). The number of H-pyrrole nitrogens is 1. The van der Waals surface area contributed by atoms with Crippen LogP contribution < -0.4 is 0 Å². The first-order chi connectivity index (χ1) is 12.1. The summed E-state index contributed by atoms with van der Waals surface area (Å²) in [5.41, 5.74) is 9.26. The smallest absolute Gasteiger partial charge is 0.299 e. The predicted octanol–water partition coefficient (Wildman–Crippen LogP) is 1.51. The highest BCUT2D eigenvalue weighted by molar-refractivity contribution is 7.90. The van der Waals surface area contributed by atoms with E-state index < -0.39 is 10.0 Å². The number of aryl methyl sites for hydroxylation is 1. The molecule has 4 rings (SSSR count). The topological polar surface area (TPSA) is 143 Å². The van der Waals surface area contributed by atoms with E-state index in [1.807, 2.05) is 12.3 Å². The zero-order chi connectivity index (χ0) is 17.4. The number of sulfonamides is 1. The van der Waals surface area contributed by atoms with E-state index in [9.17, 15) is 8.42 Å². The maximum absolute atomic E-state index is 12.3. The fourth-order valence-corrected chi connectivity index (χ4v) is 4.11. The first-order valence-electron chi connectivity index (χ1n) is 7.59. The van der Waals surface area contributed by atoms with Crippen LogP contribution in [-0.2, 0) is 23.0 Å². The highest BCUT2D eigenvalue weighted by Gasteiger charge is 2.29. The number of hydrogen-bond donors (Lipinski definition) is 2.